The molecule has 0 aliphatic carbocycles. The van der Waals surface area contributed by atoms with Crippen LogP contribution < -0.4 is 5.32 Å². The molecule has 1 fully saturated rings. The molecule has 0 bridgehead atoms. The zero-order valence-corrected chi connectivity index (χ0v) is 10.5. The number of nitrogens with zero attached hydrogens (tertiary/aromatic N) is 1. The zero-order valence-electron chi connectivity index (χ0n) is 10.5. The molecule has 0 saturated carbocycles. The van der Waals surface area contributed by atoms with Gasteiger partial charge in [-0.1, -0.05) is 0 Å². The molecule has 0 radical (unpaired) electrons. The number of ether oxygens (including phenoxy) is 1. The van der Waals surface area contributed by atoms with E-state index in [-0.39, 0.29) is 11.9 Å². The van der Waals surface area contributed by atoms with E-state index in [0.29, 0.717) is 6.54 Å². The SMILES string of the molecule is CC1CNC(=O)C(C)N1C(=O)OC(C)(C)C. The number of carbonyl (C=O) groups excluding carboxylic acids is 2. The van der Waals surface area contributed by atoms with Gasteiger partial charge in [-0.05, 0) is 34.6 Å². The first-order chi connectivity index (χ1) is 7.22. The van der Waals surface area contributed by atoms with Crippen molar-refractivity contribution in [2.24, 2.45) is 0 Å². The normalized spacial score (nSPS) is 26.3. The van der Waals surface area contributed by atoms with Crippen LogP contribution in [-0.2, 0) is 9.53 Å². The van der Waals surface area contributed by atoms with E-state index in [1.54, 1.807) is 6.92 Å². The number of hydrogen-bond acceptors (Lipinski definition) is 3. The minimum absolute atomic E-state index is 0.0393. The Morgan fingerprint density at radius 3 is 2.50 bits per heavy atom. The Hall–Kier alpha value is -1.26. The van der Waals surface area contributed by atoms with Gasteiger partial charge in [0.2, 0.25) is 5.91 Å². The quantitative estimate of drug-likeness (QED) is 0.676. The third kappa shape index (κ3) is 2.87. The molecule has 1 aliphatic rings. The second kappa shape index (κ2) is 4.31. The maximum atomic E-state index is 11.9. The van der Waals surface area contributed by atoms with Crippen LogP contribution in [0, 0.1) is 0 Å². The number of piperazine rings is 1. The van der Waals surface area contributed by atoms with Crippen molar-refractivity contribution in [1.29, 1.82) is 0 Å². The Morgan fingerprint density at radius 1 is 1.44 bits per heavy atom. The fourth-order valence-electron chi connectivity index (χ4n) is 1.66. The lowest BCUT2D eigenvalue weighted by atomic mass is 10.1. The molecule has 1 heterocycles. The maximum Gasteiger partial charge on any atom is 0.411 e. The van der Waals surface area contributed by atoms with Crippen molar-refractivity contribution in [2.45, 2.75) is 52.3 Å². The summed E-state index contributed by atoms with van der Waals surface area (Å²) in [5.74, 6) is -0.135. The van der Waals surface area contributed by atoms with Crippen LogP contribution in [-0.4, -0.2) is 41.1 Å². The molecule has 92 valence electrons. The summed E-state index contributed by atoms with van der Waals surface area (Å²) in [5.41, 5.74) is -0.537. The van der Waals surface area contributed by atoms with Crippen LogP contribution in [0.25, 0.3) is 0 Å². The average Bonchev–Trinajstić information content (AvgIpc) is 2.09. The van der Waals surface area contributed by atoms with Crippen LogP contribution in [0.3, 0.4) is 0 Å². The highest BCUT2D eigenvalue weighted by atomic mass is 16.6. The van der Waals surface area contributed by atoms with Crippen LogP contribution in [0.1, 0.15) is 34.6 Å². The average molecular weight is 228 g/mol. The Bertz CT molecular complexity index is 296. The molecule has 5 nitrogen and oxygen atoms in total. The summed E-state index contributed by atoms with van der Waals surface area (Å²) in [4.78, 5) is 24.9. The fraction of sp³-hybridized carbons (Fsp3) is 0.818. The van der Waals surface area contributed by atoms with Gasteiger partial charge in [-0.15, -0.1) is 0 Å². The molecule has 0 aromatic rings. The summed E-state index contributed by atoms with van der Waals surface area (Å²) in [6.45, 7) is 9.50. The van der Waals surface area contributed by atoms with Crippen molar-refractivity contribution in [3.05, 3.63) is 0 Å². The standard InChI is InChI=1S/C11H20N2O3/c1-7-6-12-9(14)8(2)13(7)10(15)16-11(3,4)5/h7-8H,6H2,1-5H3,(H,12,14). The lowest BCUT2D eigenvalue weighted by Gasteiger charge is -2.38. The predicted molar refractivity (Wildman–Crippen MR) is 60.0 cm³/mol. The van der Waals surface area contributed by atoms with Crippen LogP contribution in [0.5, 0.6) is 0 Å². The van der Waals surface area contributed by atoms with Crippen molar-refractivity contribution >= 4 is 12.0 Å². The number of rotatable bonds is 0. The lowest BCUT2D eigenvalue weighted by Crippen LogP contribution is -2.60. The minimum Gasteiger partial charge on any atom is -0.444 e. The highest BCUT2D eigenvalue weighted by Crippen LogP contribution is 2.16. The van der Waals surface area contributed by atoms with Crippen molar-refractivity contribution in [2.75, 3.05) is 6.54 Å². The number of hydrogen-bond donors (Lipinski definition) is 1. The van der Waals surface area contributed by atoms with Gasteiger partial charge < -0.3 is 10.1 Å². The van der Waals surface area contributed by atoms with Crippen molar-refractivity contribution in [3.8, 4) is 0 Å². The van der Waals surface area contributed by atoms with E-state index in [2.05, 4.69) is 5.32 Å². The third-order valence-corrected chi connectivity index (χ3v) is 2.45. The fourth-order valence-corrected chi connectivity index (χ4v) is 1.66. The second-order valence-electron chi connectivity index (χ2n) is 5.16. The van der Waals surface area contributed by atoms with E-state index in [9.17, 15) is 9.59 Å². The maximum absolute atomic E-state index is 11.9. The number of amides is 2. The van der Waals surface area contributed by atoms with Gasteiger partial charge in [-0.2, -0.15) is 0 Å². The Labute approximate surface area is 96.1 Å². The molecular formula is C11H20N2O3. The molecule has 2 atom stereocenters. The van der Waals surface area contributed by atoms with E-state index in [4.69, 9.17) is 4.74 Å². The highest BCUT2D eigenvalue weighted by molar-refractivity contribution is 5.86. The minimum atomic E-state index is -0.537. The van der Waals surface area contributed by atoms with E-state index in [1.165, 1.54) is 4.90 Å². The van der Waals surface area contributed by atoms with Gasteiger partial charge in [-0.25, -0.2) is 4.79 Å². The zero-order chi connectivity index (χ0) is 12.5. The van der Waals surface area contributed by atoms with E-state index < -0.39 is 17.7 Å². The molecule has 1 saturated heterocycles. The molecule has 0 aromatic heterocycles. The summed E-state index contributed by atoms with van der Waals surface area (Å²) in [5, 5.41) is 2.74. The Morgan fingerprint density at radius 2 is 2.00 bits per heavy atom. The van der Waals surface area contributed by atoms with E-state index in [0.717, 1.165) is 0 Å². The summed E-state index contributed by atoms with van der Waals surface area (Å²) in [6, 6.07) is -0.513. The van der Waals surface area contributed by atoms with Crippen LogP contribution in [0.2, 0.25) is 0 Å². The third-order valence-electron chi connectivity index (χ3n) is 2.45. The molecule has 16 heavy (non-hydrogen) atoms. The highest BCUT2D eigenvalue weighted by Gasteiger charge is 2.36. The van der Waals surface area contributed by atoms with Gasteiger partial charge in [0.1, 0.15) is 11.6 Å². The Balaban J connectivity index is 2.76. The number of nitrogens with one attached hydrogen (secondary N) is 1. The number of carbonyl (C=O) groups is 2. The predicted octanol–water partition coefficient (Wildman–Crippen LogP) is 1.13. The smallest absolute Gasteiger partial charge is 0.411 e. The van der Waals surface area contributed by atoms with E-state index in [1.807, 2.05) is 27.7 Å². The van der Waals surface area contributed by atoms with E-state index >= 15 is 0 Å². The Kier molecular flexibility index (Phi) is 3.45. The van der Waals surface area contributed by atoms with Gasteiger partial charge in [0.25, 0.3) is 0 Å². The largest absolute Gasteiger partial charge is 0.444 e. The van der Waals surface area contributed by atoms with Crippen LogP contribution in [0.15, 0.2) is 0 Å². The summed E-state index contributed by atoms with van der Waals surface area (Å²) < 4.78 is 5.27. The summed E-state index contributed by atoms with van der Waals surface area (Å²) >= 11 is 0. The molecule has 2 amide bonds. The monoisotopic (exact) mass is 228 g/mol. The van der Waals surface area contributed by atoms with Crippen LogP contribution in [0.4, 0.5) is 4.79 Å². The molecule has 2 unspecified atom stereocenters. The summed E-state index contributed by atoms with van der Waals surface area (Å²) in [6.07, 6.45) is -0.428. The lowest BCUT2D eigenvalue weighted by molar-refractivity contribution is -0.129. The molecular weight excluding hydrogens is 208 g/mol. The summed E-state index contributed by atoms with van der Waals surface area (Å²) in [7, 11) is 0. The van der Waals surface area contributed by atoms with Gasteiger partial charge in [0.05, 0.1) is 6.04 Å². The van der Waals surface area contributed by atoms with Gasteiger partial charge in [0.15, 0.2) is 0 Å². The molecule has 0 spiro atoms. The first kappa shape index (κ1) is 12.8. The van der Waals surface area contributed by atoms with Crippen molar-refractivity contribution in [3.63, 3.8) is 0 Å². The van der Waals surface area contributed by atoms with Gasteiger partial charge in [-0.3, -0.25) is 9.69 Å². The molecule has 1 aliphatic heterocycles. The van der Waals surface area contributed by atoms with Crippen LogP contribution >= 0.6 is 0 Å². The van der Waals surface area contributed by atoms with Gasteiger partial charge in [0, 0.05) is 6.54 Å². The second-order valence-corrected chi connectivity index (χ2v) is 5.16. The first-order valence-electron chi connectivity index (χ1n) is 5.51. The van der Waals surface area contributed by atoms with Crippen molar-refractivity contribution in [1.82, 2.24) is 10.2 Å². The molecule has 5 heteroatoms. The topological polar surface area (TPSA) is 58.6 Å². The molecule has 1 rings (SSSR count). The van der Waals surface area contributed by atoms with Crippen molar-refractivity contribution < 1.29 is 14.3 Å². The van der Waals surface area contributed by atoms with Gasteiger partial charge >= 0.3 is 6.09 Å². The first-order valence-corrected chi connectivity index (χ1v) is 5.51. The molecule has 0 aromatic carbocycles. The molecule has 1 N–H and O–H groups in total.